The molecule has 0 aliphatic carbocycles. The first-order valence-electron chi connectivity index (χ1n) is 10.5. The van der Waals surface area contributed by atoms with E-state index in [1.54, 1.807) is 53.4 Å². The molecule has 0 bridgehead atoms. The second kappa shape index (κ2) is 12.1. The topological polar surface area (TPSA) is 76.5 Å². The van der Waals surface area contributed by atoms with Crippen molar-refractivity contribution >= 4 is 51.2 Å². The molecular formula is C25H20BrFN4O2S2. The number of hydrogen-bond donors (Lipinski definition) is 1. The van der Waals surface area contributed by atoms with Gasteiger partial charge in [0.05, 0.1) is 6.21 Å². The lowest BCUT2D eigenvalue weighted by atomic mass is 10.1. The summed E-state index contributed by atoms with van der Waals surface area (Å²) in [6, 6.07) is 19.0. The van der Waals surface area contributed by atoms with E-state index < -0.39 is 0 Å². The molecule has 4 rings (SSSR count). The number of aryl methyl sites for hydroxylation is 1. The molecule has 1 amide bonds. The molecule has 0 saturated heterocycles. The number of benzene rings is 3. The standard InChI is InChI=1S/C25H20BrFN4O2S2/c1-16-29-31-25(35-16)34-15-17-5-7-19(8-6-17)24(32)30-28-13-20-12-21(26)9-10-23(20)33-14-18-3-2-4-22(27)11-18/h2-13H,14-15H2,1H3,(H,30,32)/b28-13-. The van der Waals surface area contributed by atoms with Gasteiger partial charge in [-0.2, -0.15) is 5.10 Å². The summed E-state index contributed by atoms with van der Waals surface area (Å²) in [6.45, 7) is 2.13. The van der Waals surface area contributed by atoms with Crippen LogP contribution in [-0.4, -0.2) is 22.3 Å². The molecule has 10 heteroatoms. The first kappa shape index (κ1) is 25.0. The predicted molar refractivity (Wildman–Crippen MR) is 141 cm³/mol. The largest absolute Gasteiger partial charge is 0.488 e. The lowest BCUT2D eigenvalue weighted by molar-refractivity contribution is 0.0955. The van der Waals surface area contributed by atoms with E-state index in [9.17, 15) is 9.18 Å². The highest BCUT2D eigenvalue weighted by Gasteiger charge is 2.08. The van der Waals surface area contributed by atoms with Crippen LogP contribution >= 0.6 is 39.0 Å². The van der Waals surface area contributed by atoms with Crippen LogP contribution < -0.4 is 10.2 Å². The molecule has 0 saturated carbocycles. The average Bonchev–Trinajstić information content (AvgIpc) is 3.27. The first-order chi connectivity index (χ1) is 17.0. The Labute approximate surface area is 218 Å². The molecule has 6 nitrogen and oxygen atoms in total. The van der Waals surface area contributed by atoms with Crippen LogP contribution in [0.4, 0.5) is 4.39 Å². The van der Waals surface area contributed by atoms with Gasteiger partial charge in [0.1, 0.15) is 23.2 Å². The van der Waals surface area contributed by atoms with Crippen molar-refractivity contribution in [2.24, 2.45) is 5.10 Å². The van der Waals surface area contributed by atoms with Crippen LogP contribution in [0.5, 0.6) is 5.75 Å². The lowest BCUT2D eigenvalue weighted by Crippen LogP contribution is -2.17. The molecule has 35 heavy (non-hydrogen) atoms. The van der Waals surface area contributed by atoms with Gasteiger partial charge in [-0.25, -0.2) is 9.82 Å². The second-order valence-electron chi connectivity index (χ2n) is 7.37. The molecule has 3 aromatic carbocycles. The zero-order valence-corrected chi connectivity index (χ0v) is 21.8. The number of halogens is 2. The zero-order valence-electron chi connectivity index (χ0n) is 18.6. The minimum atomic E-state index is -0.322. The highest BCUT2D eigenvalue weighted by molar-refractivity contribution is 9.10. The van der Waals surface area contributed by atoms with Gasteiger partial charge < -0.3 is 4.74 Å². The Kier molecular flexibility index (Phi) is 8.62. The highest BCUT2D eigenvalue weighted by Crippen LogP contribution is 2.26. The summed E-state index contributed by atoms with van der Waals surface area (Å²) in [5.74, 6) is 0.668. The number of amides is 1. The summed E-state index contributed by atoms with van der Waals surface area (Å²) in [4.78, 5) is 12.5. The van der Waals surface area contributed by atoms with E-state index >= 15 is 0 Å². The molecule has 0 atom stereocenters. The van der Waals surface area contributed by atoms with Gasteiger partial charge in [-0.05, 0) is 60.5 Å². The number of nitrogens with one attached hydrogen (secondary N) is 1. The Balaban J connectivity index is 1.34. The third-order valence-electron chi connectivity index (χ3n) is 4.71. The van der Waals surface area contributed by atoms with Gasteiger partial charge in [0, 0.05) is 21.4 Å². The van der Waals surface area contributed by atoms with Crippen molar-refractivity contribution in [2.45, 2.75) is 23.6 Å². The number of aromatic nitrogens is 2. The first-order valence-corrected chi connectivity index (χ1v) is 13.1. The molecule has 1 aromatic heterocycles. The monoisotopic (exact) mass is 570 g/mol. The fourth-order valence-corrected chi connectivity index (χ4v) is 5.15. The van der Waals surface area contributed by atoms with Crippen molar-refractivity contribution in [3.8, 4) is 5.75 Å². The number of carbonyl (C=O) groups is 1. The van der Waals surface area contributed by atoms with E-state index in [0.29, 0.717) is 22.4 Å². The predicted octanol–water partition coefficient (Wildman–Crippen LogP) is 6.38. The molecule has 0 fully saturated rings. The van der Waals surface area contributed by atoms with Crippen LogP contribution in [0.1, 0.15) is 32.1 Å². The molecule has 178 valence electrons. The van der Waals surface area contributed by atoms with Gasteiger partial charge in [-0.15, -0.1) is 10.2 Å². The van der Waals surface area contributed by atoms with Crippen LogP contribution in [0.3, 0.4) is 0 Å². The Morgan fingerprint density at radius 2 is 1.97 bits per heavy atom. The molecule has 0 aliphatic heterocycles. The summed E-state index contributed by atoms with van der Waals surface area (Å²) in [5, 5.41) is 13.1. The summed E-state index contributed by atoms with van der Waals surface area (Å²) in [6.07, 6.45) is 1.51. The molecule has 0 aliphatic rings. The minimum Gasteiger partial charge on any atom is -0.488 e. The number of hydrazone groups is 1. The third kappa shape index (κ3) is 7.45. The van der Waals surface area contributed by atoms with E-state index in [0.717, 1.165) is 25.1 Å². The van der Waals surface area contributed by atoms with E-state index in [2.05, 4.69) is 36.7 Å². The molecular weight excluding hydrogens is 551 g/mol. The second-order valence-corrected chi connectivity index (χ2v) is 10.7. The SMILES string of the molecule is Cc1nnc(SCc2ccc(C(=O)N/N=C\c3cc(Br)ccc3OCc3cccc(F)c3)cc2)s1. The van der Waals surface area contributed by atoms with Crippen molar-refractivity contribution in [3.05, 3.63) is 104 Å². The maximum atomic E-state index is 13.4. The normalized spacial score (nSPS) is 11.1. The average molecular weight is 571 g/mol. The lowest BCUT2D eigenvalue weighted by Gasteiger charge is -2.10. The Morgan fingerprint density at radius 1 is 1.14 bits per heavy atom. The number of hydrogen-bond acceptors (Lipinski definition) is 7. The van der Waals surface area contributed by atoms with Gasteiger partial charge in [0.15, 0.2) is 4.34 Å². The smallest absolute Gasteiger partial charge is 0.271 e. The molecule has 4 aromatic rings. The Bertz CT molecular complexity index is 1350. The number of ether oxygens (including phenoxy) is 1. The van der Waals surface area contributed by atoms with Crippen LogP contribution in [0.25, 0.3) is 0 Å². The zero-order chi connectivity index (χ0) is 24.6. The Hall–Kier alpha value is -3.08. The maximum Gasteiger partial charge on any atom is 0.271 e. The van der Waals surface area contributed by atoms with Crippen LogP contribution in [0, 0.1) is 12.7 Å². The summed E-state index contributed by atoms with van der Waals surface area (Å²) >= 11 is 6.60. The number of nitrogens with zero attached hydrogens (tertiary/aromatic N) is 3. The highest BCUT2D eigenvalue weighted by atomic mass is 79.9. The molecule has 1 N–H and O–H groups in total. The van der Waals surface area contributed by atoms with Crippen LogP contribution in [0.2, 0.25) is 0 Å². The van der Waals surface area contributed by atoms with Crippen molar-refractivity contribution < 1.29 is 13.9 Å². The van der Waals surface area contributed by atoms with Gasteiger partial charge in [0.2, 0.25) is 0 Å². The van der Waals surface area contributed by atoms with Gasteiger partial charge >= 0.3 is 0 Å². The summed E-state index contributed by atoms with van der Waals surface area (Å²) < 4.78 is 21.0. The van der Waals surface area contributed by atoms with E-state index in [-0.39, 0.29) is 18.3 Å². The van der Waals surface area contributed by atoms with Gasteiger partial charge in [-0.3, -0.25) is 4.79 Å². The minimum absolute atomic E-state index is 0.204. The maximum absolute atomic E-state index is 13.4. The van der Waals surface area contributed by atoms with E-state index in [1.165, 1.54) is 18.3 Å². The van der Waals surface area contributed by atoms with Crippen molar-refractivity contribution in [1.29, 1.82) is 0 Å². The number of rotatable bonds is 9. The van der Waals surface area contributed by atoms with Crippen LogP contribution in [-0.2, 0) is 12.4 Å². The Morgan fingerprint density at radius 3 is 2.71 bits per heavy atom. The summed E-state index contributed by atoms with van der Waals surface area (Å²) in [5.41, 5.74) is 5.50. The molecule has 0 radical (unpaired) electrons. The van der Waals surface area contributed by atoms with Crippen molar-refractivity contribution in [2.75, 3.05) is 0 Å². The molecule has 0 unspecified atom stereocenters. The van der Waals surface area contributed by atoms with Gasteiger partial charge in [-0.1, -0.05) is 63.3 Å². The van der Waals surface area contributed by atoms with E-state index in [4.69, 9.17) is 4.74 Å². The van der Waals surface area contributed by atoms with Crippen molar-refractivity contribution in [1.82, 2.24) is 15.6 Å². The summed E-state index contributed by atoms with van der Waals surface area (Å²) in [7, 11) is 0. The van der Waals surface area contributed by atoms with E-state index in [1.807, 2.05) is 31.2 Å². The molecule has 1 heterocycles. The molecule has 0 spiro atoms. The number of thioether (sulfide) groups is 1. The van der Waals surface area contributed by atoms with Crippen LogP contribution in [0.15, 0.2) is 80.6 Å². The van der Waals surface area contributed by atoms with Crippen molar-refractivity contribution in [3.63, 3.8) is 0 Å². The van der Waals surface area contributed by atoms with Gasteiger partial charge in [0.25, 0.3) is 5.91 Å². The number of carbonyl (C=O) groups excluding carboxylic acids is 1. The fourth-order valence-electron chi connectivity index (χ4n) is 3.00. The fraction of sp³-hybridized carbons (Fsp3) is 0.120. The quantitative estimate of drug-likeness (QED) is 0.143. The third-order valence-corrected chi connectivity index (χ3v) is 7.25.